The van der Waals surface area contributed by atoms with Crippen LogP contribution in [0.5, 0.6) is 0 Å². The van der Waals surface area contributed by atoms with Crippen molar-refractivity contribution in [2.75, 3.05) is 13.1 Å². The van der Waals surface area contributed by atoms with E-state index in [9.17, 15) is 4.79 Å². The van der Waals surface area contributed by atoms with Gasteiger partial charge in [0.05, 0.1) is 0 Å². The highest BCUT2D eigenvalue weighted by molar-refractivity contribution is 9.10. The molecule has 0 spiro atoms. The number of hydrogen-bond donors (Lipinski definition) is 1. The lowest BCUT2D eigenvalue weighted by Gasteiger charge is -2.20. The molecule has 1 aliphatic rings. The Balaban J connectivity index is 1.74. The summed E-state index contributed by atoms with van der Waals surface area (Å²) in [6.07, 6.45) is -0.369. The number of nitrogens with one attached hydrogen (secondary N) is 1. The largest absolute Gasteiger partial charge is 0.444 e. The molecule has 110 valence electrons. The normalized spacial score (nSPS) is 15.0. The molecule has 1 aromatic carbocycles. The number of rotatable bonds is 3. The van der Waals surface area contributed by atoms with Gasteiger partial charge in [0.2, 0.25) is 0 Å². The zero-order valence-electron chi connectivity index (χ0n) is 11.6. The molecule has 20 heavy (non-hydrogen) atoms. The molecule has 0 saturated heterocycles. The van der Waals surface area contributed by atoms with E-state index < -0.39 is 5.60 Å². The molecule has 0 aliphatic carbocycles. The van der Waals surface area contributed by atoms with Crippen molar-refractivity contribution in [1.29, 1.82) is 0 Å². The minimum atomic E-state index is -0.455. The van der Waals surface area contributed by atoms with E-state index >= 15 is 0 Å². The number of alkyl carbamates (subject to hydrolysis) is 1. The van der Waals surface area contributed by atoms with Crippen LogP contribution in [0.4, 0.5) is 4.79 Å². The number of fused-ring (bicyclic) bond motifs is 1. The first kappa shape index (κ1) is 16.0. The lowest BCUT2D eigenvalue weighted by molar-refractivity contribution is 0.0528. The van der Waals surface area contributed by atoms with Gasteiger partial charge < -0.3 is 10.1 Å². The van der Waals surface area contributed by atoms with Crippen molar-refractivity contribution in [2.45, 2.75) is 36.2 Å². The number of nitrogens with zero attached hydrogens (tertiary/aromatic N) is 1. The highest BCUT2D eigenvalue weighted by Gasteiger charge is 2.22. The first-order chi connectivity index (χ1) is 9.33. The second kappa shape index (κ2) is 6.60. The first-order valence-electron chi connectivity index (χ1n) is 6.23. The van der Waals surface area contributed by atoms with Crippen molar-refractivity contribution in [3.63, 3.8) is 0 Å². The van der Waals surface area contributed by atoms with Crippen molar-refractivity contribution in [3.05, 3.63) is 22.7 Å². The molecule has 4 nitrogen and oxygen atoms in total. The van der Waals surface area contributed by atoms with Gasteiger partial charge in [-0.2, -0.15) is 3.71 Å². The maximum Gasteiger partial charge on any atom is 0.407 e. The predicted molar refractivity (Wildman–Crippen MR) is 86.8 cm³/mol. The third-order valence-corrected chi connectivity index (χ3v) is 5.20. The third kappa shape index (κ3) is 4.87. The molecule has 0 atom stereocenters. The standard InChI is InChI=1S/C13H17BrN2O2S2/c1-13(2,3)18-12(17)15-6-7-16-19-10-5-4-9(14)8-11(10)20-16/h4-5,8H,6-7H2,1-3H3,(H,15,17). The molecule has 0 saturated carbocycles. The predicted octanol–water partition coefficient (Wildman–Crippen LogP) is 4.30. The average molecular weight is 377 g/mol. The monoisotopic (exact) mass is 376 g/mol. The molecule has 1 aliphatic heterocycles. The topological polar surface area (TPSA) is 41.6 Å². The van der Waals surface area contributed by atoms with Crippen molar-refractivity contribution < 1.29 is 9.53 Å². The van der Waals surface area contributed by atoms with Crippen molar-refractivity contribution >= 4 is 45.9 Å². The summed E-state index contributed by atoms with van der Waals surface area (Å²) < 4.78 is 8.42. The van der Waals surface area contributed by atoms with Crippen molar-refractivity contribution in [1.82, 2.24) is 9.03 Å². The van der Waals surface area contributed by atoms with Crippen LogP contribution in [0.1, 0.15) is 20.8 Å². The lowest BCUT2D eigenvalue weighted by Crippen LogP contribution is -2.35. The van der Waals surface area contributed by atoms with Crippen LogP contribution in [-0.4, -0.2) is 28.5 Å². The SMILES string of the molecule is CC(C)(C)OC(=O)NCCN1Sc2ccc(Br)cc2S1. The molecule has 1 heterocycles. The van der Waals surface area contributed by atoms with Gasteiger partial charge in [-0.3, -0.25) is 0 Å². The molecule has 0 aromatic heterocycles. The molecule has 0 bridgehead atoms. The smallest absolute Gasteiger partial charge is 0.407 e. The molecular weight excluding hydrogens is 360 g/mol. The number of carbonyl (C=O) groups is 1. The molecule has 0 fully saturated rings. The molecule has 1 aromatic rings. The molecule has 0 radical (unpaired) electrons. The fraction of sp³-hybridized carbons (Fsp3) is 0.462. The van der Waals surface area contributed by atoms with E-state index in [-0.39, 0.29) is 6.09 Å². The number of halogens is 1. The van der Waals surface area contributed by atoms with E-state index in [4.69, 9.17) is 4.74 Å². The second-order valence-corrected chi connectivity index (χ2v) is 8.53. The van der Waals surface area contributed by atoms with Crippen LogP contribution >= 0.6 is 39.8 Å². The van der Waals surface area contributed by atoms with E-state index in [1.165, 1.54) is 9.79 Å². The first-order valence-corrected chi connectivity index (χ1v) is 8.57. The van der Waals surface area contributed by atoms with Gasteiger partial charge in [-0.25, -0.2) is 4.79 Å². The van der Waals surface area contributed by atoms with E-state index in [2.05, 4.69) is 37.1 Å². The van der Waals surface area contributed by atoms with Crippen LogP contribution in [0.15, 0.2) is 32.5 Å². The van der Waals surface area contributed by atoms with Crippen molar-refractivity contribution in [3.8, 4) is 0 Å². The Morgan fingerprint density at radius 1 is 1.35 bits per heavy atom. The van der Waals surface area contributed by atoms with Crippen LogP contribution in [0.25, 0.3) is 0 Å². The van der Waals surface area contributed by atoms with Gasteiger partial charge in [-0.15, -0.1) is 0 Å². The van der Waals surface area contributed by atoms with E-state index in [0.29, 0.717) is 6.54 Å². The second-order valence-electron chi connectivity index (χ2n) is 5.26. The summed E-state index contributed by atoms with van der Waals surface area (Å²) in [4.78, 5) is 14.0. The zero-order chi connectivity index (χ0) is 14.8. The number of ether oxygens (including phenoxy) is 1. The third-order valence-electron chi connectivity index (χ3n) is 2.27. The summed E-state index contributed by atoms with van der Waals surface area (Å²) in [7, 11) is 0. The van der Waals surface area contributed by atoms with Crippen LogP contribution in [0.3, 0.4) is 0 Å². The maximum absolute atomic E-state index is 11.5. The summed E-state index contributed by atoms with van der Waals surface area (Å²) >= 11 is 6.85. The number of benzene rings is 1. The number of amides is 1. The summed E-state index contributed by atoms with van der Waals surface area (Å²) in [6.45, 7) is 6.87. The Hall–Kier alpha value is -0.370. The van der Waals surface area contributed by atoms with Crippen molar-refractivity contribution in [2.24, 2.45) is 0 Å². The minimum Gasteiger partial charge on any atom is -0.444 e. The van der Waals surface area contributed by atoms with Gasteiger partial charge in [-0.05, 0) is 62.9 Å². The molecule has 2 rings (SSSR count). The molecule has 0 unspecified atom stereocenters. The fourth-order valence-corrected chi connectivity index (χ4v) is 4.31. The summed E-state index contributed by atoms with van der Waals surface area (Å²) in [5, 5.41) is 2.77. The molecule has 1 N–H and O–H groups in total. The lowest BCUT2D eigenvalue weighted by atomic mass is 10.2. The Bertz CT molecular complexity index is 506. The Morgan fingerprint density at radius 3 is 2.75 bits per heavy atom. The van der Waals surface area contributed by atoms with Crippen LogP contribution in [-0.2, 0) is 4.74 Å². The van der Waals surface area contributed by atoms with Gasteiger partial charge in [-0.1, -0.05) is 15.9 Å². The molecular formula is C13H17BrN2O2S2. The Morgan fingerprint density at radius 2 is 2.05 bits per heavy atom. The summed E-state index contributed by atoms with van der Waals surface area (Å²) in [5.41, 5.74) is -0.455. The molecule has 1 amide bonds. The maximum atomic E-state index is 11.5. The Kier molecular flexibility index (Phi) is 5.28. The number of hydrogen-bond acceptors (Lipinski definition) is 5. The summed E-state index contributed by atoms with van der Waals surface area (Å²) in [5.74, 6) is 0. The van der Waals surface area contributed by atoms with Gasteiger partial charge in [0.25, 0.3) is 0 Å². The van der Waals surface area contributed by atoms with Gasteiger partial charge in [0, 0.05) is 27.4 Å². The molecule has 7 heteroatoms. The van der Waals surface area contributed by atoms with Crippen LogP contribution in [0, 0.1) is 0 Å². The fourth-order valence-electron chi connectivity index (χ4n) is 1.52. The van der Waals surface area contributed by atoms with Gasteiger partial charge in [0.15, 0.2) is 0 Å². The highest BCUT2D eigenvalue weighted by Crippen LogP contribution is 2.46. The van der Waals surface area contributed by atoms with Crippen LogP contribution < -0.4 is 5.32 Å². The van der Waals surface area contributed by atoms with Gasteiger partial charge >= 0.3 is 6.09 Å². The van der Waals surface area contributed by atoms with E-state index in [1.54, 1.807) is 23.9 Å². The van der Waals surface area contributed by atoms with E-state index in [0.717, 1.165) is 11.0 Å². The zero-order valence-corrected chi connectivity index (χ0v) is 14.8. The summed E-state index contributed by atoms with van der Waals surface area (Å²) in [6, 6.07) is 6.24. The highest BCUT2D eigenvalue weighted by atomic mass is 79.9. The van der Waals surface area contributed by atoms with Gasteiger partial charge in [0.1, 0.15) is 5.60 Å². The quantitative estimate of drug-likeness (QED) is 0.796. The number of carbonyl (C=O) groups excluding carboxylic acids is 1. The van der Waals surface area contributed by atoms with E-state index in [1.807, 2.05) is 26.8 Å². The average Bonchev–Trinajstić information content (AvgIpc) is 2.68. The minimum absolute atomic E-state index is 0.369. The van der Waals surface area contributed by atoms with Crippen LogP contribution in [0.2, 0.25) is 0 Å². The Labute approximate surface area is 136 Å².